The Balaban J connectivity index is 1.14. The third-order valence-corrected chi connectivity index (χ3v) is 15.1. The van der Waals surface area contributed by atoms with E-state index in [2.05, 4.69) is 180 Å². The van der Waals surface area contributed by atoms with Crippen molar-refractivity contribution >= 4 is 93.6 Å². The molecule has 0 spiro atoms. The van der Waals surface area contributed by atoms with Crippen molar-refractivity contribution in [3.8, 4) is 11.4 Å². The van der Waals surface area contributed by atoms with Gasteiger partial charge in [0.15, 0.2) is 0 Å². The molecule has 0 saturated heterocycles. The third kappa shape index (κ3) is 3.97. The summed E-state index contributed by atoms with van der Waals surface area (Å²) in [6.45, 7) is 5.00. The number of para-hydroxylation sites is 3. The van der Waals surface area contributed by atoms with Gasteiger partial charge >= 0.3 is 0 Å². The first-order chi connectivity index (χ1) is 23.6. The second-order valence-electron chi connectivity index (χ2n) is 13.4. The quantitative estimate of drug-likeness (QED) is 0.168. The van der Waals surface area contributed by atoms with Crippen LogP contribution in [-0.4, -0.2) is 17.2 Å². The second-order valence-corrected chi connectivity index (χ2v) is 18.9. The van der Waals surface area contributed by atoms with Crippen molar-refractivity contribution in [2.45, 2.75) is 13.1 Å². The molecule has 0 fully saturated rings. The van der Waals surface area contributed by atoms with Gasteiger partial charge in [0.1, 0.15) is 8.07 Å². The van der Waals surface area contributed by atoms with Gasteiger partial charge in [-0.2, -0.15) is 0 Å². The Morgan fingerprint density at radius 3 is 1.52 bits per heavy atom. The second kappa shape index (κ2) is 10.3. The van der Waals surface area contributed by atoms with Crippen LogP contribution in [0.1, 0.15) is 0 Å². The highest BCUT2D eigenvalue weighted by Gasteiger charge is 2.28. The van der Waals surface area contributed by atoms with Gasteiger partial charge in [-0.1, -0.05) is 121 Å². The lowest BCUT2D eigenvalue weighted by Gasteiger charge is -2.24. The van der Waals surface area contributed by atoms with Gasteiger partial charge in [-0.3, -0.25) is 0 Å². The van der Waals surface area contributed by atoms with E-state index >= 15 is 0 Å². The Morgan fingerprint density at radius 1 is 0.375 bits per heavy atom. The first kappa shape index (κ1) is 27.7. The molecule has 228 valence electrons. The minimum Gasteiger partial charge on any atom is -0.309 e. The highest BCUT2D eigenvalue weighted by atomic mass is 32.1. The SMILES string of the molecule is C[Si](C)(c1ccc2c(c1)c1ccccc1n2-c1ccccc1)c1ccc2c(c1)c1ccccc1n2-c1ccc2sc3ccccc3c2c1. The van der Waals surface area contributed by atoms with Gasteiger partial charge in [0.25, 0.3) is 0 Å². The molecule has 0 bridgehead atoms. The van der Waals surface area contributed by atoms with Crippen LogP contribution in [0.4, 0.5) is 0 Å². The van der Waals surface area contributed by atoms with E-state index in [1.807, 2.05) is 11.3 Å². The molecule has 7 aromatic carbocycles. The first-order valence-corrected chi connectivity index (χ1v) is 20.4. The molecule has 0 radical (unpaired) electrons. The Morgan fingerprint density at radius 2 is 0.875 bits per heavy atom. The summed E-state index contributed by atoms with van der Waals surface area (Å²) in [6, 6.07) is 58.7. The predicted molar refractivity (Wildman–Crippen MR) is 211 cm³/mol. The minimum absolute atomic E-state index is 1.20. The van der Waals surface area contributed by atoms with Gasteiger partial charge in [-0.25, -0.2) is 0 Å². The fourth-order valence-electron chi connectivity index (χ4n) is 7.88. The van der Waals surface area contributed by atoms with Gasteiger partial charge in [0.05, 0.1) is 22.1 Å². The molecule has 0 unspecified atom stereocenters. The minimum atomic E-state index is -2.08. The van der Waals surface area contributed by atoms with Crippen LogP contribution in [0.2, 0.25) is 13.1 Å². The molecule has 10 rings (SSSR count). The number of thiophene rings is 1. The summed E-state index contributed by atoms with van der Waals surface area (Å²) in [4.78, 5) is 0. The predicted octanol–water partition coefficient (Wildman–Crippen LogP) is 11.1. The molecule has 0 aliphatic rings. The van der Waals surface area contributed by atoms with Gasteiger partial charge in [-0.05, 0) is 60.7 Å². The Labute approximate surface area is 283 Å². The number of fused-ring (bicyclic) bond motifs is 9. The average Bonchev–Trinajstić information content (AvgIpc) is 3.79. The molecule has 0 amide bonds. The van der Waals surface area contributed by atoms with E-state index < -0.39 is 8.07 Å². The molecular formula is C44H32N2SSi. The van der Waals surface area contributed by atoms with Gasteiger partial charge in [0.2, 0.25) is 0 Å². The molecule has 2 nitrogen and oxygen atoms in total. The van der Waals surface area contributed by atoms with Crippen molar-refractivity contribution in [2.24, 2.45) is 0 Å². The molecule has 3 heterocycles. The van der Waals surface area contributed by atoms with Gasteiger partial charge in [-0.15, -0.1) is 11.3 Å². The molecule has 0 saturated carbocycles. The summed E-state index contributed by atoms with van der Waals surface area (Å²) in [5.41, 5.74) is 7.41. The fourth-order valence-corrected chi connectivity index (χ4v) is 11.3. The maximum absolute atomic E-state index is 2.50. The summed E-state index contributed by atoms with van der Waals surface area (Å²) in [6.07, 6.45) is 0. The van der Waals surface area contributed by atoms with Crippen LogP contribution in [0.15, 0.2) is 158 Å². The van der Waals surface area contributed by atoms with Crippen molar-refractivity contribution in [1.82, 2.24) is 9.13 Å². The normalized spacial score (nSPS) is 12.4. The summed E-state index contributed by atoms with van der Waals surface area (Å²) in [7, 11) is -2.08. The van der Waals surface area contributed by atoms with Crippen LogP contribution < -0.4 is 10.4 Å². The van der Waals surface area contributed by atoms with Crippen LogP contribution in [-0.2, 0) is 0 Å². The molecule has 0 atom stereocenters. The Kier molecular flexibility index (Phi) is 5.93. The lowest BCUT2D eigenvalue weighted by molar-refractivity contribution is 1.18. The van der Waals surface area contributed by atoms with Gasteiger partial charge < -0.3 is 9.13 Å². The molecule has 48 heavy (non-hydrogen) atoms. The van der Waals surface area contributed by atoms with Crippen LogP contribution >= 0.6 is 11.3 Å². The number of nitrogens with zero attached hydrogens (tertiary/aromatic N) is 2. The third-order valence-electron chi connectivity index (χ3n) is 10.4. The zero-order chi connectivity index (χ0) is 32.0. The van der Waals surface area contributed by atoms with Crippen LogP contribution in [0.3, 0.4) is 0 Å². The zero-order valence-electron chi connectivity index (χ0n) is 26.8. The standard InChI is InChI=1S/C44H32N2SSi/c1-48(2,31-21-23-41-36(27-31)33-14-6-9-17-39(33)45(41)29-12-4-3-5-13-29)32-22-24-42-37(28-32)34-15-7-10-18-40(34)46(42)30-20-25-44-38(26-30)35-16-8-11-19-43(35)47-44/h3-28H,1-2H3. The van der Waals surface area contributed by atoms with Crippen molar-refractivity contribution < 1.29 is 0 Å². The largest absolute Gasteiger partial charge is 0.309 e. The first-order valence-electron chi connectivity index (χ1n) is 16.6. The van der Waals surface area contributed by atoms with E-state index in [-0.39, 0.29) is 0 Å². The molecule has 0 N–H and O–H groups in total. The highest BCUT2D eigenvalue weighted by Crippen LogP contribution is 2.38. The monoisotopic (exact) mass is 648 g/mol. The fraction of sp³-hybridized carbons (Fsp3) is 0.0455. The lowest BCUT2D eigenvalue weighted by Crippen LogP contribution is -2.52. The average molecular weight is 649 g/mol. The topological polar surface area (TPSA) is 9.86 Å². The van der Waals surface area contributed by atoms with E-state index in [1.54, 1.807) is 0 Å². The van der Waals surface area contributed by atoms with Crippen molar-refractivity contribution in [2.75, 3.05) is 0 Å². The van der Waals surface area contributed by atoms with E-state index in [1.165, 1.54) is 85.5 Å². The molecule has 3 aromatic heterocycles. The van der Waals surface area contributed by atoms with Crippen LogP contribution in [0, 0.1) is 0 Å². The Bertz CT molecular complexity index is 2870. The number of hydrogen-bond donors (Lipinski definition) is 0. The van der Waals surface area contributed by atoms with Gasteiger partial charge in [0, 0.05) is 53.1 Å². The zero-order valence-corrected chi connectivity index (χ0v) is 28.6. The molecule has 0 aliphatic carbocycles. The summed E-state index contributed by atoms with van der Waals surface area (Å²) >= 11 is 1.87. The number of aromatic nitrogens is 2. The molecule has 0 aliphatic heterocycles. The number of rotatable bonds is 4. The molecular weight excluding hydrogens is 617 g/mol. The van der Waals surface area contributed by atoms with Crippen molar-refractivity contribution in [3.05, 3.63) is 158 Å². The maximum Gasteiger partial charge on any atom is 0.112 e. The smallest absolute Gasteiger partial charge is 0.112 e. The van der Waals surface area contributed by atoms with E-state index in [9.17, 15) is 0 Å². The van der Waals surface area contributed by atoms with Crippen molar-refractivity contribution in [1.29, 1.82) is 0 Å². The lowest BCUT2D eigenvalue weighted by atomic mass is 10.1. The summed E-state index contributed by atoms with van der Waals surface area (Å²) in [5, 5.41) is 10.8. The van der Waals surface area contributed by atoms with E-state index in [4.69, 9.17) is 0 Å². The number of benzene rings is 7. The molecule has 10 aromatic rings. The number of hydrogen-bond acceptors (Lipinski definition) is 1. The van der Waals surface area contributed by atoms with E-state index in [0.717, 1.165) is 0 Å². The summed E-state index contributed by atoms with van der Waals surface area (Å²) in [5.74, 6) is 0. The maximum atomic E-state index is 2.50. The van der Waals surface area contributed by atoms with E-state index in [0.29, 0.717) is 0 Å². The van der Waals surface area contributed by atoms with Crippen LogP contribution in [0.5, 0.6) is 0 Å². The summed E-state index contributed by atoms with van der Waals surface area (Å²) < 4.78 is 7.53. The van der Waals surface area contributed by atoms with Crippen LogP contribution in [0.25, 0.3) is 75.2 Å². The Hall–Kier alpha value is -5.42. The van der Waals surface area contributed by atoms with Crippen molar-refractivity contribution in [3.63, 3.8) is 0 Å². The highest BCUT2D eigenvalue weighted by molar-refractivity contribution is 7.25. The molecule has 4 heteroatoms.